The van der Waals surface area contributed by atoms with Crippen LogP contribution in [0.2, 0.25) is 0 Å². The molecule has 0 radical (unpaired) electrons. The number of aromatic hydroxyl groups is 2. The average molecular weight is 385 g/mol. The summed E-state index contributed by atoms with van der Waals surface area (Å²) in [6, 6.07) is 11.2. The third-order valence-corrected chi connectivity index (χ3v) is 4.40. The maximum Gasteiger partial charge on any atom is 0.135 e. The van der Waals surface area contributed by atoms with Crippen LogP contribution in [0.15, 0.2) is 46.4 Å². The van der Waals surface area contributed by atoms with Gasteiger partial charge in [-0.15, -0.1) is 0 Å². The second-order valence-corrected chi connectivity index (χ2v) is 8.58. The normalized spacial score (nSPS) is 12.9. The van der Waals surface area contributed by atoms with Crippen molar-refractivity contribution in [3.8, 4) is 11.5 Å². The molecule has 0 spiro atoms. The summed E-state index contributed by atoms with van der Waals surface area (Å²) < 4.78 is 1.28. The van der Waals surface area contributed by atoms with E-state index in [1.807, 2.05) is 66.6 Å². The van der Waals surface area contributed by atoms with Crippen molar-refractivity contribution in [2.45, 2.75) is 0 Å². The maximum atomic E-state index is 10.2. The van der Waals surface area contributed by atoms with E-state index in [-0.39, 0.29) is 11.5 Å². The van der Waals surface area contributed by atoms with Crippen LogP contribution in [0.5, 0.6) is 11.5 Å². The molecule has 2 N–H and O–H groups in total. The molecule has 0 fully saturated rings. The van der Waals surface area contributed by atoms with E-state index in [9.17, 15) is 10.2 Å². The molecule has 2 aromatic rings. The van der Waals surface area contributed by atoms with Gasteiger partial charge in [-0.05, 0) is 12.1 Å². The van der Waals surface area contributed by atoms with Gasteiger partial charge >= 0.3 is 0 Å². The van der Waals surface area contributed by atoms with E-state index in [0.717, 1.165) is 11.4 Å². The molecule has 0 aliphatic carbocycles. The Morgan fingerprint density at radius 1 is 0.679 bits per heavy atom. The Balaban J connectivity index is 1.92. The van der Waals surface area contributed by atoms with Gasteiger partial charge < -0.3 is 10.2 Å². The summed E-state index contributed by atoms with van der Waals surface area (Å²) in [6.07, 6.45) is 3.33. The SMILES string of the molecule is C[N+](C)(C)c1ccc(C=NCCN=Cc2ccc([N+](C)(C)C)cc2O)c(O)c1. The molecule has 0 heterocycles. The topological polar surface area (TPSA) is 65.2 Å². The van der Waals surface area contributed by atoms with Gasteiger partial charge in [0, 0.05) is 47.8 Å². The van der Waals surface area contributed by atoms with Gasteiger partial charge in [-0.1, -0.05) is 0 Å². The summed E-state index contributed by atoms with van der Waals surface area (Å²) in [5.74, 6) is 0.445. The van der Waals surface area contributed by atoms with Crippen LogP contribution in [-0.4, -0.2) is 78.0 Å². The zero-order valence-electron chi connectivity index (χ0n) is 17.7. The Labute approximate surface area is 167 Å². The zero-order valence-corrected chi connectivity index (χ0v) is 17.7. The highest BCUT2D eigenvalue weighted by Crippen LogP contribution is 2.26. The fourth-order valence-corrected chi connectivity index (χ4v) is 2.56. The number of rotatable bonds is 7. The van der Waals surface area contributed by atoms with Crippen LogP contribution < -0.4 is 8.97 Å². The first kappa shape index (κ1) is 21.6. The number of hydrogen-bond donors (Lipinski definition) is 2. The fourth-order valence-electron chi connectivity index (χ4n) is 2.56. The third-order valence-electron chi connectivity index (χ3n) is 4.40. The van der Waals surface area contributed by atoms with Gasteiger partial charge in [-0.2, -0.15) is 0 Å². The zero-order chi connectivity index (χ0) is 20.9. The Bertz CT molecular complexity index is 802. The van der Waals surface area contributed by atoms with Crippen LogP contribution in [0.4, 0.5) is 11.4 Å². The first-order chi connectivity index (χ1) is 13.0. The Morgan fingerprint density at radius 3 is 1.32 bits per heavy atom. The predicted molar refractivity (Wildman–Crippen MR) is 120 cm³/mol. The second-order valence-electron chi connectivity index (χ2n) is 8.58. The highest BCUT2D eigenvalue weighted by atomic mass is 16.3. The molecule has 0 aliphatic heterocycles. The van der Waals surface area contributed by atoms with Gasteiger partial charge in [0.2, 0.25) is 0 Å². The Hall–Kier alpha value is -2.70. The summed E-state index contributed by atoms with van der Waals surface area (Å²) in [6.45, 7) is 1.01. The largest absolute Gasteiger partial charge is 0.507 e. The molecule has 2 aromatic carbocycles. The van der Waals surface area contributed by atoms with Crippen molar-refractivity contribution in [2.24, 2.45) is 9.98 Å². The third kappa shape index (κ3) is 5.90. The number of phenolic OH excluding ortho intramolecular Hbond substituents is 2. The molecule has 28 heavy (non-hydrogen) atoms. The minimum atomic E-state index is 0.222. The van der Waals surface area contributed by atoms with E-state index >= 15 is 0 Å². The fraction of sp³-hybridized carbons (Fsp3) is 0.364. The Kier molecular flexibility index (Phi) is 6.59. The van der Waals surface area contributed by atoms with Gasteiger partial charge in [0.15, 0.2) is 0 Å². The van der Waals surface area contributed by atoms with Gasteiger partial charge in [0.25, 0.3) is 0 Å². The lowest BCUT2D eigenvalue weighted by molar-refractivity contribution is 0.459. The molecule has 0 unspecified atom stereocenters. The predicted octanol–water partition coefficient (Wildman–Crippen LogP) is 3.03. The molecule has 0 saturated heterocycles. The van der Waals surface area contributed by atoms with E-state index in [0.29, 0.717) is 33.2 Å². The quantitative estimate of drug-likeness (QED) is 0.438. The summed E-state index contributed by atoms with van der Waals surface area (Å²) in [5.41, 5.74) is 3.43. The first-order valence-electron chi connectivity index (χ1n) is 9.28. The molecular formula is C22H32N4O2+2. The van der Waals surface area contributed by atoms with Crippen LogP contribution in [0, 0.1) is 0 Å². The molecule has 0 saturated carbocycles. The van der Waals surface area contributed by atoms with Crippen molar-refractivity contribution in [3.05, 3.63) is 47.5 Å². The highest BCUT2D eigenvalue weighted by Gasteiger charge is 2.14. The minimum Gasteiger partial charge on any atom is -0.507 e. The van der Waals surface area contributed by atoms with E-state index < -0.39 is 0 Å². The van der Waals surface area contributed by atoms with Crippen molar-refractivity contribution in [1.82, 2.24) is 8.97 Å². The summed E-state index contributed by atoms with van der Waals surface area (Å²) in [5, 5.41) is 20.3. The van der Waals surface area contributed by atoms with E-state index in [1.54, 1.807) is 24.6 Å². The number of benzene rings is 2. The number of aliphatic imine (C=N–C) groups is 2. The number of phenols is 2. The maximum absolute atomic E-state index is 10.2. The molecule has 0 bridgehead atoms. The second kappa shape index (κ2) is 8.54. The lowest BCUT2D eigenvalue weighted by Crippen LogP contribution is -2.34. The van der Waals surface area contributed by atoms with Gasteiger partial charge in [0.1, 0.15) is 22.9 Å². The lowest BCUT2D eigenvalue weighted by atomic mass is 10.1. The minimum absolute atomic E-state index is 0.222. The Morgan fingerprint density at radius 2 is 1.04 bits per heavy atom. The van der Waals surface area contributed by atoms with E-state index in [1.165, 1.54) is 0 Å². The van der Waals surface area contributed by atoms with E-state index in [4.69, 9.17) is 0 Å². The molecule has 0 aliphatic rings. The van der Waals surface area contributed by atoms with Gasteiger partial charge in [-0.25, -0.2) is 0 Å². The van der Waals surface area contributed by atoms with Crippen molar-refractivity contribution in [1.29, 1.82) is 0 Å². The molecular weight excluding hydrogens is 352 g/mol. The van der Waals surface area contributed by atoms with Crippen molar-refractivity contribution in [3.63, 3.8) is 0 Å². The summed E-state index contributed by atoms with van der Waals surface area (Å²) in [7, 11) is 12.3. The van der Waals surface area contributed by atoms with Gasteiger partial charge in [0.05, 0.1) is 55.4 Å². The van der Waals surface area contributed by atoms with Crippen molar-refractivity contribution < 1.29 is 10.2 Å². The van der Waals surface area contributed by atoms with Crippen LogP contribution in [0.1, 0.15) is 11.1 Å². The molecule has 0 amide bonds. The molecule has 6 heteroatoms. The van der Waals surface area contributed by atoms with Crippen LogP contribution in [0.3, 0.4) is 0 Å². The summed E-state index contributed by atoms with van der Waals surface area (Å²) >= 11 is 0. The molecule has 0 atom stereocenters. The summed E-state index contributed by atoms with van der Waals surface area (Å²) in [4.78, 5) is 8.65. The average Bonchev–Trinajstić information content (AvgIpc) is 2.58. The smallest absolute Gasteiger partial charge is 0.135 e. The standard InChI is InChI=1S/C22H30N4O2/c1-25(2,3)19-9-7-17(21(27)13-19)15-23-11-12-24-16-18-8-10-20(14-22(18)28)26(4,5)6/h7-10,13-16H,11-12H2,1-6H3/p+2. The van der Waals surface area contributed by atoms with Crippen LogP contribution in [-0.2, 0) is 0 Å². The molecule has 6 nitrogen and oxygen atoms in total. The lowest BCUT2D eigenvalue weighted by Gasteiger charge is -2.23. The number of nitrogens with zero attached hydrogens (tertiary/aromatic N) is 4. The van der Waals surface area contributed by atoms with Crippen molar-refractivity contribution >= 4 is 23.8 Å². The number of quaternary nitrogens is 2. The molecule has 2 rings (SSSR count). The molecule has 150 valence electrons. The van der Waals surface area contributed by atoms with Crippen LogP contribution >= 0.6 is 0 Å². The highest BCUT2D eigenvalue weighted by molar-refractivity contribution is 5.85. The van der Waals surface area contributed by atoms with Crippen LogP contribution in [0.25, 0.3) is 0 Å². The van der Waals surface area contributed by atoms with Gasteiger partial charge in [-0.3, -0.25) is 19.0 Å². The first-order valence-corrected chi connectivity index (χ1v) is 9.28. The molecule has 0 aromatic heterocycles. The van der Waals surface area contributed by atoms with E-state index in [2.05, 4.69) is 9.98 Å². The number of hydrogen-bond acceptors (Lipinski definition) is 4. The van der Waals surface area contributed by atoms with Crippen molar-refractivity contribution in [2.75, 3.05) is 55.4 Å². The monoisotopic (exact) mass is 384 g/mol.